The summed E-state index contributed by atoms with van der Waals surface area (Å²) in [5.74, 6) is 2.36. The van der Waals surface area contributed by atoms with Crippen LogP contribution in [0, 0.1) is 12.3 Å². The smallest absolute Gasteiger partial charge is 0.146 e. The van der Waals surface area contributed by atoms with Crippen LogP contribution in [0.5, 0.6) is 0 Å². The zero-order chi connectivity index (χ0) is 7.98. The largest absolute Gasteiger partial charge is 0.327 e. The van der Waals surface area contributed by atoms with Crippen LogP contribution in [-0.4, -0.2) is 11.8 Å². The molecule has 0 saturated heterocycles. The first kappa shape index (κ1) is 9.19. The van der Waals surface area contributed by atoms with Gasteiger partial charge in [0, 0.05) is 12.5 Å². The molecule has 0 spiro atoms. The number of rotatable bonds is 4. The molecule has 0 aliphatic carbocycles. The summed E-state index contributed by atoms with van der Waals surface area (Å²) in [7, 11) is 0. The number of carbonyl (C=O) groups excluding carboxylic acids is 1. The van der Waals surface area contributed by atoms with E-state index in [0.29, 0.717) is 6.42 Å². The molecule has 10 heavy (non-hydrogen) atoms. The Morgan fingerprint density at radius 2 is 2.40 bits per heavy atom. The van der Waals surface area contributed by atoms with E-state index in [4.69, 9.17) is 12.2 Å². The molecule has 2 N–H and O–H groups in total. The van der Waals surface area contributed by atoms with Gasteiger partial charge >= 0.3 is 0 Å². The third kappa shape index (κ3) is 4.11. The van der Waals surface area contributed by atoms with Crippen molar-refractivity contribution in [3.63, 3.8) is 0 Å². The van der Waals surface area contributed by atoms with Crippen molar-refractivity contribution in [3.8, 4) is 12.3 Å². The average molecular weight is 139 g/mol. The average Bonchev–Trinajstić information content (AvgIpc) is 1.88. The summed E-state index contributed by atoms with van der Waals surface area (Å²) in [6, 6.07) is -0.0131. The van der Waals surface area contributed by atoms with Crippen molar-refractivity contribution < 1.29 is 4.79 Å². The fraction of sp³-hybridized carbons (Fsp3) is 0.625. The maximum atomic E-state index is 10.8. The van der Waals surface area contributed by atoms with Gasteiger partial charge in [0.15, 0.2) is 0 Å². The minimum atomic E-state index is -0.0131. The molecule has 0 aromatic carbocycles. The lowest BCUT2D eigenvalue weighted by Gasteiger charge is -2.04. The topological polar surface area (TPSA) is 43.1 Å². The SMILES string of the molecule is C#CCC(=O)CC(N)CC. The Bertz CT molecular complexity index is 146. The fourth-order valence-corrected chi connectivity index (χ4v) is 0.623. The van der Waals surface area contributed by atoms with Crippen molar-refractivity contribution in [2.75, 3.05) is 0 Å². The summed E-state index contributed by atoms with van der Waals surface area (Å²) in [6.07, 6.45) is 6.40. The monoisotopic (exact) mass is 139 g/mol. The Hall–Kier alpha value is -0.810. The number of hydrogen-bond donors (Lipinski definition) is 1. The second-order valence-corrected chi connectivity index (χ2v) is 2.29. The van der Waals surface area contributed by atoms with Crippen LogP contribution in [0.15, 0.2) is 0 Å². The van der Waals surface area contributed by atoms with Gasteiger partial charge in [-0.3, -0.25) is 4.79 Å². The number of terminal acetylenes is 1. The van der Waals surface area contributed by atoms with E-state index in [1.165, 1.54) is 0 Å². The minimum absolute atomic E-state index is 0.0131. The Morgan fingerprint density at radius 1 is 1.80 bits per heavy atom. The van der Waals surface area contributed by atoms with Gasteiger partial charge in [-0.1, -0.05) is 12.8 Å². The van der Waals surface area contributed by atoms with E-state index in [1.807, 2.05) is 6.92 Å². The van der Waals surface area contributed by atoms with Crippen LogP contribution >= 0.6 is 0 Å². The molecule has 2 nitrogen and oxygen atoms in total. The molecular formula is C8H13NO. The lowest BCUT2D eigenvalue weighted by atomic mass is 10.1. The maximum Gasteiger partial charge on any atom is 0.146 e. The van der Waals surface area contributed by atoms with E-state index in [1.54, 1.807) is 0 Å². The molecule has 0 fully saturated rings. The van der Waals surface area contributed by atoms with Gasteiger partial charge in [0.25, 0.3) is 0 Å². The van der Waals surface area contributed by atoms with E-state index in [2.05, 4.69) is 5.92 Å². The summed E-state index contributed by atoms with van der Waals surface area (Å²) >= 11 is 0. The van der Waals surface area contributed by atoms with E-state index in [0.717, 1.165) is 6.42 Å². The van der Waals surface area contributed by atoms with Crippen LogP contribution in [-0.2, 0) is 4.79 Å². The number of Topliss-reactive ketones (excluding diaryl/α,β-unsaturated/α-hetero) is 1. The van der Waals surface area contributed by atoms with Crippen molar-refractivity contribution in [2.24, 2.45) is 5.73 Å². The zero-order valence-electron chi connectivity index (χ0n) is 6.26. The number of nitrogens with two attached hydrogens (primary N) is 1. The van der Waals surface area contributed by atoms with Crippen molar-refractivity contribution in [1.82, 2.24) is 0 Å². The second kappa shape index (κ2) is 5.01. The standard InChI is InChI=1S/C8H13NO/c1-3-5-8(10)6-7(9)4-2/h1,7H,4-6,9H2,2H3. The Balaban J connectivity index is 3.49. The summed E-state index contributed by atoms with van der Waals surface area (Å²) in [5.41, 5.74) is 5.51. The molecule has 0 aromatic rings. The first-order chi connectivity index (χ1) is 4.70. The summed E-state index contributed by atoms with van der Waals surface area (Å²) in [6.45, 7) is 1.95. The highest BCUT2D eigenvalue weighted by Gasteiger charge is 2.04. The third-order valence-corrected chi connectivity index (χ3v) is 1.31. The quantitative estimate of drug-likeness (QED) is 0.583. The molecule has 56 valence electrons. The maximum absolute atomic E-state index is 10.8. The van der Waals surface area contributed by atoms with E-state index in [9.17, 15) is 4.79 Å². The van der Waals surface area contributed by atoms with Crippen molar-refractivity contribution in [2.45, 2.75) is 32.2 Å². The van der Waals surface area contributed by atoms with Crippen molar-refractivity contribution in [1.29, 1.82) is 0 Å². The lowest BCUT2D eigenvalue weighted by Crippen LogP contribution is -2.22. The molecule has 1 unspecified atom stereocenters. The minimum Gasteiger partial charge on any atom is -0.327 e. The number of carbonyl (C=O) groups is 1. The number of ketones is 1. The van der Waals surface area contributed by atoms with Gasteiger partial charge in [-0.2, -0.15) is 0 Å². The summed E-state index contributed by atoms with van der Waals surface area (Å²) in [4.78, 5) is 10.8. The molecule has 0 radical (unpaired) electrons. The fourth-order valence-electron chi connectivity index (χ4n) is 0.623. The van der Waals surface area contributed by atoms with Gasteiger partial charge in [0.1, 0.15) is 5.78 Å². The van der Waals surface area contributed by atoms with Crippen LogP contribution < -0.4 is 5.73 Å². The molecular weight excluding hydrogens is 126 g/mol. The van der Waals surface area contributed by atoms with Crippen LogP contribution in [0.2, 0.25) is 0 Å². The predicted molar refractivity (Wildman–Crippen MR) is 41.3 cm³/mol. The third-order valence-electron chi connectivity index (χ3n) is 1.31. The van der Waals surface area contributed by atoms with Crippen LogP contribution in [0.1, 0.15) is 26.2 Å². The highest BCUT2D eigenvalue weighted by molar-refractivity contribution is 5.81. The lowest BCUT2D eigenvalue weighted by molar-refractivity contribution is -0.118. The molecule has 0 saturated carbocycles. The van der Waals surface area contributed by atoms with Gasteiger partial charge < -0.3 is 5.73 Å². The molecule has 0 aromatic heterocycles. The molecule has 1 atom stereocenters. The van der Waals surface area contributed by atoms with E-state index in [-0.39, 0.29) is 18.2 Å². The van der Waals surface area contributed by atoms with Gasteiger partial charge in [-0.05, 0) is 6.42 Å². The van der Waals surface area contributed by atoms with Gasteiger partial charge in [0.05, 0.1) is 6.42 Å². The molecule has 0 heterocycles. The molecule has 0 amide bonds. The molecule has 2 heteroatoms. The Labute approximate surface area is 61.8 Å². The molecule has 0 bridgehead atoms. The number of hydrogen-bond acceptors (Lipinski definition) is 2. The second-order valence-electron chi connectivity index (χ2n) is 2.29. The van der Waals surface area contributed by atoms with Gasteiger partial charge in [-0.15, -0.1) is 6.42 Å². The van der Waals surface area contributed by atoms with Crippen molar-refractivity contribution >= 4 is 5.78 Å². The zero-order valence-corrected chi connectivity index (χ0v) is 6.26. The Kier molecular flexibility index (Phi) is 4.61. The summed E-state index contributed by atoms with van der Waals surface area (Å²) in [5, 5.41) is 0. The molecule has 0 aliphatic rings. The van der Waals surface area contributed by atoms with Crippen LogP contribution in [0.3, 0.4) is 0 Å². The normalized spacial score (nSPS) is 12.1. The molecule has 0 aliphatic heterocycles. The first-order valence-electron chi connectivity index (χ1n) is 3.41. The highest BCUT2D eigenvalue weighted by atomic mass is 16.1. The molecule has 0 rings (SSSR count). The van der Waals surface area contributed by atoms with Crippen molar-refractivity contribution in [3.05, 3.63) is 0 Å². The highest BCUT2D eigenvalue weighted by Crippen LogP contribution is 1.96. The van der Waals surface area contributed by atoms with E-state index < -0.39 is 0 Å². The first-order valence-corrected chi connectivity index (χ1v) is 3.41. The van der Waals surface area contributed by atoms with Crippen LogP contribution in [0.25, 0.3) is 0 Å². The van der Waals surface area contributed by atoms with Gasteiger partial charge in [-0.25, -0.2) is 0 Å². The van der Waals surface area contributed by atoms with Crippen LogP contribution in [0.4, 0.5) is 0 Å². The van der Waals surface area contributed by atoms with E-state index >= 15 is 0 Å². The summed E-state index contributed by atoms with van der Waals surface area (Å²) < 4.78 is 0. The predicted octanol–water partition coefficient (Wildman–Crippen LogP) is 0.706. The Morgan fingerprint density at radius 3 is 2.80 bits per heavy atom. The van der Waals surface area contributed by atoms with Gasteiger partial charge in [0.2, 0.25) is 0 Å².